The van der Waals surface area contributed by atoms with Crippen molar-refractivity contribution in [3.63, 3.8) is 0 Å². The Bertz CT molecular complexity index is 958. The van der Waals surface area contributed by atoms with Crippen molar-refractivity contribution in [3.8, 4) is 11.5 Å². The minimum atomic E-state index is -0.385. The second kappa shape index (κ2) is 8.85. The summed E-state index contributed by atoms with van der Waals surface area (Å²) in [5.74, 6) is 1.35. The van der Waals surface area contributed by atoms with Crippen LogP contribution in [0.5, 0.6) is 11.5 Å². The predicted molar refractivity (Wildman–Crippen MR) is 108 cm³/mol. The van der Waals surface area contributed by atoms with E-state index < -0.39 is 0 Å². The third kappa shape index (κ3) is 4.76. The summed E-state index contributed by atoms with van der Waals surface area (Å²) in [7, 11) is 3.09. The maximum atomic E-state index is 12.5. The molecule has 7 heteroatoms. The van der Waals surface area contributed by atoms with E-state index in [1.54, 1.807) is 37.4 Å². The van der Waals surface area contributed by atoms with Crippen LogP contribution in [0.2, 0.25) is 0 Å². The molecule has 0 fully saturated rings. The molecule has 0 aliphatic carbocycles. The molecule has 3 aromatic rings. The first-order chi connectivity index (χ1) is 13.6. The molecule has 0 saturated heterocycles. The zero-order valence-electron chi connectivity index (χ0n) is 16.0. The third-order valence-corrected chi connectivity index (χ3v) is 4.11. The highest BCUT2D eigenvalue weighted by molar-refractivity contribution is 6.03. The fourth-order valence-corrected chi connectivity index (χ4v) is 2.66. The molecule has 1 amide bonds. The lowest BCUT2D eigenvalue weighted by Gasteiger charge is -2.11. The van der Waals surface area contributed by atoms with Crippen molar-refractivity contribution in [1.82, 2.24) is 10.2 Å². The van der Waals surface area contributed by atoms with Gasteiger partial charge in [0, 0.05) is 12.6 Å². The van der Waals surface area contributed by atoms with E-state index in [1.807, 2.05) is 25.1 Å². The number of carbonyl (C=O) groups is 1. The summed E-state index contributed by atoms with van der Waals surface area (Å²) in [5, 5.41) is 14.0. The van der Waals surface area contributed by atoms with Crippen molar-refractivity contribution in [2.75, 3.05) is 24.9 Å². The second-order valence-corrected chi connectivity index (χ2v) is 6.17. The molecule has 2 aromatic carbocycles. The van der Waals surface area contributed by atoms with Gasteiger partial charge in [0.05, 0.1) is 19.9 Å². The van der Waals surface area contributed by atoms with Crippen molar-refractivity contribution < 1.29 is 14.3 Å². The lowest BCUT2D eigenvalue weighted by Crippen LogP contribution is -2.15. The molecule has 7 nitrogen and oxygen atoms in total. The summed E-state index contributed by atoms with van der Waals surface area (Å²) in [5.41, 5.74) is 3.04. The fourth-order valence-electron chi connectivity index (χ4n) is 2.66. The summed E-state index contributed by atoms with van der Waals surface area (Å²) in [6, 6.07) is 16.7. The fraction of sp³-hybridized carbons (Fsp3) is 0.190. The maximum absolute atomic E-state index is 12.5. The largest absolute Gasteiger partial charge is 0.497 e. The molecule has 1 heterocycles. The number of hydrogen-bond donors (Lipinski definition) is 2. The van der Waals surface area contributed by atoms with Gasteiger partial charge in [0.15, 0.2) is 5.69 Å². The Balaban J connectivity index is 1.65. The van der Waals surface area contributed by atoms with Gasteiger partial charge in [0.2, 0.25) is 0 Å². The molecular weight excluding hydrogens is 356 g/mol. The van der Waals surface area contributed by atoms with E-state index in [9.17, 15) is 4.79 Å². The van der Waals surface area contributed by atoms with Gasteiger partial charge in [-0.15, -0.1) is 10.2 Å². The molecule has 0 spiro atoms. The van der Waals surface area contributed by atoms with Gasteiger partial charge in [0.25, 0.3) is 5.91 Å². The van der Waals surface area contributed by atoms with Crippen LogP contribution in [-0.4, -0.2) is 30.3 Å². The van der Waals surface area contributed by atoms with Gasteiger partial charge in [-0.2, -0.15) is 0 Å². The molecule has 0 unspecified atom stereocenters. The highest BCUT2D eigenvalue weighted by Gasteiger charge is 2.13. The summed E-state index contributed by atoms with van der Waals surface area (Å²) in [6.07, 6.45) is 0. The molecule has 0 saturated carbocycles. The molecule has 0 aliphatic heterocycles. The Labute approximate surface area is 163 Å². The van der Waals surface area contributed by atoms with Crippen molar-refractivity contribution >= 4 is 17.4 Å². The molecule has 1 aromatic heterocycles. The van der Waals surface area contributed by atoms with Crippen LogP contribution in [0.1, 0.15) is 21.6 Å². The Morgan fingerprint density at radius 2 is 1.86 bits per heavy atom. The maximum Gasteiger partial charge on any atom is 0.276 e. The van der Waals surface area contributed by atoms with E-state index in [-0.39, 0.29) is 11.6 Å². The molecule has 3 rings (SSSR count). The van der Waals surface area contributed by atoms with Gasteiger partial charge in [-0.3, -0.25) is 4.79 Å². The monoisotopic (exact) mass is 378 g/mol. The number of rotatable bonds is 7. The molecule has 144 valence electrons. The third-order valence-electron chi connectivity index (χ3n) is 4.11. The van der Waals surface area contributed by atoms with E-state index in [2.05, 4.69) is 26.9 Å². The molecule has 0 atom stereocenters. The molecule has 28 heavy (non-hydrogen) atoms. The average Bonchev–Trinajstić information content (AvgIpc) is 2.72. The quantitative estimate of drug-likeness (QED) is 0.653. The van der Waals surface area contributed by atoms with Crippen LogP contribution in [-0.2, 0) is 6.54 Å². The SMILES string of the molecule is COc1ccc(OC)c(NC(=O)c2ccc(NCc3cccc(C)c3)nn2)c1. The van der Waals surface area contributed by atoms with Crippen LogP contribution in [0.15, 0.2) is 54.6 Å². The van der Waals surface area contributed by atoms with E-state index in [0.717, 1.165) is 5.56 Å². The summed E-state index contributed by atoms with van der Waals surface area (Å²) in [6.45, 7) is 2.68. The normalized spacial score (nSPS) is 10.2. The van der Waals surface area contributed by atoms with Gasteiger partial charge in [0.1, 0.15) is 17.3 Å². The number of nitrogens with zero attached hydrogens (tertiary/aromatic N) is 2. The van der Waals surface area contributed by atoms with Crippen molar-refractivity contribution in [2.45, 2.75) is 13.5 Å². The molecule has 2 N–H and O–H groups in total. The first-order valence-corrected chi connectivity index (χ1v) is 8.75. The Morgan fingerprint density at radius 1 is 1.00 bits per heavy atom. The van der Waals surface area contributed by atoms with Gasteiger partial charge in [-0.05, 0) is 36.8 Å². The Hall–Kier alpha value is -3.61. The van der Waals surface area contributed by atoms with Gasteiger partial charge >= 0.3 is 0 Å². The number of methoxy groups -OCH3 is 2. The summed E-state index contributed by atoms with van der Waals surface area (Å²) >= 11 is 0. The van der Waals surface area contributed by atoms with Crippen molar-refractivity contribution in [3.05, 3.63) is 71.4 Å². The van der Waals surface area contributed by atoms with Crippen LogP contribution in [0.3, 0.4) is 0 Å². The number of amides is 1. The lowest BCUT2D eigenvalue weighted by atomic mass is 10.1. The standard InChI is InChI=1S/C21H22N4O3/c1-14-5-4-6-15(11-14)13-22-20-10-8-17(24-25-20)21(26)23-18-12-16(27-2)7-9-19(18)28-3/h4-12H,13H2,1-3H3,(H,22,25)(H,23,26). The highest BCUT2D eigenvalue weighted by atomic mass is 16.5. The highest BCUT2D eigenvalue weighted by Crippen LogP contribution is 2.29. The first-order valence-electron chi connectivity index (χ1n) is 8.75. The molecular formula is C21H22N4O3. The van der Waals surface area contributed by atoms with E-state index in [1.165, 1.54) is 12.7 Å². The number of benzene rings is 2. The van der Waals surface area contributed by atoms with Crippen LogP contribution < -0.4 is 20.1 Å². The summed E-state index contributed by atoms with van der Waals surface area (Å²) < 4.78 is 10.5. The van der Waals surface area contributed by atoms with Crippen LogP contribution in [0.4, 0.5) is 11.5 Å². The van der Waals surface area contributed by atoms with E-state index in [4.69, 9.17) is 9.47 Å². The molecule has 0 radical (unpaired) electrons. The Kier molecular flexibility index (Phi) is 6.06. The van der Waals surface area contributed by atoms with Gasteiger partial charge in [-0.1, -0.05) is 29.8 Å². The van der Waals surface area contributed by atoms with E-state index >= 15 is 0 Å². The van der Waals surface area contributed by atoms with Crippen LogP contribution >= 0.6 is 0 Å². The number of aromatic nitrogens is 2. The summed E-state index contributed by atoms with van der Waals surface area (Å²) in [4.78, 5) is 12.5. The topological polar surface area (TPSA) is 85.4 Å². The number of aryl methyl sites for hydroxylation is 1. The zero-order chi connectivity index (χ0) is 19.9. The van der Waals surface area contributed by atoms with Gasteiger partial charge in [-0.25, -0.2) is 0 Å². The van der Waals surface area contributed by atoms with E-state index in [0.29, 0.717) is 29.5 Å². The molecule has 0 bridgehead atoms. The first kappa shape index (κ1) is 19.2. The lowest BCUT2D eigenvalue weighted by molar-refractivity contribution is 0.102. The Morgan fingerprint density at radius 3 is 2.54 bits per heavy atom. The number of ether oxygens (including phenoxy) is 2. The smallest absolute Gasteiger partial charge is 0.276 e. The van der Waals surface area contributed by atoms with Crippen LogP contribution in [0, 0.1) is 6.92 Å². The van der Waals surface area contributed by atoms with Crippen LogP contribution in [0.25, 0.3) is 0 Å². The number of nitrogens with one attached hydrogen (secondary N) is 2. The predicted octanol–water partition coefficient (Wildman–Crippen LogP) is 3.67. The average molecular weight is 378 g/mol. The minimum absolute atomic E-state index is 0.200. The number of hydrogen-bond acceptors (Lipinski definition) is 6. The van der Waals surface area contributed by atoms with Gasteiger partial charge < -0.3 is 20.1 Å². The second-order valence-electron chi connectivity index (χ2n) is 6.17. The molecule has 0 aliphatic rings. The number of anilines is 2. The van der Waals surface area contributed by atoms with Crippen molar-refractivity contribution in [1.29, 1.82) is 0 Å². The zero-order valence-corrected chi connectivity index (χ0v) is 16.0. The number of carbonyl (C=O) groups excluding carboxylic acids is 1. The van der Waals surface area contributed by atoms with Crippen molar-refractivity contribution in [2.24, 2.45) is 0 Å². The minimum Gasteiger partial charge on any atom is -0.497 e.